The number of hydrogen-bond acceptors (Lipinski definition) is 2. The van der Waals surface area contributed by atoms with Crippen molar-refractivity contribution in [3.8, 4) is 0 Å². The highest BCUT2D eigenvalue weighted by atomic mass is 35.5. The van der Waals surface area contributed by atoms with Gasteiger partial charge in [0.15, 0.2) is 5.60 Å². The van der Waals surface area contributed by atoms with Gasteiger partial charge in [-0.05, 0) is 11.6 Å². The lowest BCUT2D eigenvalue weighted by Gasteiger charge is -2.39. The van der Waals surface area contributed by atoms with Crippen LogP contribution in [0.3, 0.4) is 0 Å². The van der Waals surface area contributed by atoms with Crippen LogP contribution in [0.4, 0.5) is 13.2 Å². The van der Waals surface area contributed by atoms with Crippen LogP contribution in [-0.4, -0.2) is 40.8 Å². The maximum Gasteiger partial charge on any atom is 0.417 e. The number of alkyl halides is 3. The number of carbonyl (C=O) groups excluding carboxylic acids is 1. The zero-order valence-corrected chi connectivity index (χ0v) is 11.9. The molecule has 21 heavy (non-hydrogen) atoms. The molecule has 1 aliphatic heterocycles. The van der Waals surface area contributed by atoms with Gasteiger partial charge in [-0.15, -0.1) is 0 Å². The van der Waals surface area contributed by atoms with Crippen LogP contribution in [0.2, 0.25) is 5.02 Å². The lowest BCUT2D eigenvalue weighted by molar-refractivity contribution is -0.272. The molecule has 3 nitrogen and oxygen atoms in total. The van der Waals surface area contributed by atoms with Gasteiger partial charge in [-0.3, -0.25) is 4.79 Å². The quantitative estimate of drug-likeness (QED) is 0.910. The molecule has 116 valence electrons. The Morgan fingerprint density at radius 2 is 1.86 bits per heavy atom. The predicted octanol–water partition coefficient (Wildman–Crippen LogP) is 2.80. The van der Waals surface area contributed by atoms with Gasteiger partial charge in [0.2, 0.25) is 5.91 Å². The van der Waals surface area contributed by atoms with Gasteiger partial charge in [0.25, 0.3) is 0 Å². The Morgan fingerprint density at radius 1 is 1.29 bits per heavy atom. The van der Waals surface area contributed by atoms with E-state index >= 15 is 0 Å². The van der Waals surface area contributed by atoms with Crippen molar-refractivity contribution in [3.05, 3.63) is 34.9 Å². The van der Waals surface area contributed by atoms with E-state index in [1.807, 2.05) is 0 Å². The normalized spacial score (nSPS) is 18.6. The van der Waals surface area contributed by atoms with Gasteiger partial charge in [-0.2, -0.15) is 13.2 Å². The summed E-state index contributed by atoms with van der Waals surface area (Å²) in [5, 5.41) is 10.0. The fraction of sp³-hybridized carbons (Fsp3) is 0.500. The Bertz CT molecular complexity index is 525. The van der Waals surface area contributed by atoms with Crippen molar-refractivity contribution in [2.24, 2.45) is 0 Å². The molecule has 0 radical (unpaired) electrons. The third-order valence-corrected chi connectivity index (χ3v) is 4.14. The molecule has 0 bridgehead atoms. The number of likely N-dealkylation sites (tertiary alicyclic amines) is 1. The lowest BCUT2D eigenvalue weighted by Crippen LogP contribution is -2.54. The summed E-state index contributed by atoms with van der Waals surface area (Å²) in [6.07, 6.45) is -5.61. The molecule has 1 amide bonds. The molecular weight excluding hydrogens is 307 g/mol. The molecule has 2 rings (SSSR count). The third kappa shape index (κ3) is 3.49. The highest BCUT2D eigenvalue weighted by Gasteiger charge is 2.54. The van der Waals surface area contributed by atoms with Crippen LogP contribution in [0.25, 0.3) is 0 Å². The summed E-state index contributed by atoms with van der Waals surface area (Å²) >= 11 is 5.95. The van der Waals surface area contributed by atoms with E-state index < -0.39 is 24.6 Å². The molecule has 1 aromatic rings. The molecule has 0 aliphatic carbocycles. The van der Waals surface area contributed by atoms with Gasteiger partial charge in [-0.1, -0.05) is 29.8 Å². The Balaban J connectivity index is 1.97. The average Bonchev–Trinajstić information content (AvgIpc) is 2.41. The number of amides is 1. The zero-order valence-electron chi connectivity index (χ0n) is 11.2. The molecule has 1 aromatic carbocycles. The number of halogens is 4. The number of rotatable bonds is 2. The molecule has 0 aromatic heterocycles. The summed E-state index contributed by atoms with van der Waals surface area (Å²) in [6, 6.07) is 6.84. The van der Waals surface area contributed by atoms with E-state index in [4.69, 9.17) is 11.6 Å². The molecule has 1 aliphatic rings. The Kier molecular flexibility index (Phi) is 4.49. The van der Waals surface area contributed by atoms with Crippen molar-refractivity contribution in [2.45, 2.75) is 31.0 Å². The molecule has 1 saturated heterocycles. The fourth-order valence-electron chi connectivity index (χ4n) is 2.33. The molecule has 1 N–H and O–H groups in total. The standard InChI is InChI=1S/C14H15ClF3NO2/c15-11-4-2-1-3-10(11)9-12(20)19-7-5-13(21,6-8-19)14(16,17)18/h1-4,21H,5-9H2. The third-order valence-electron chi connectivity index (χ3n) is 3.77. The first-order valence-corrected chi connectivity index (χ1v) is 6.91. The van der Waals surface area contributed by atoms with E-state index in [0.29, 0.717) is 10.6 Å². The first-order valence-electron chi connectivity index (χ1n) is 6.53. The summed E-state index contributed by atoms with van der Waals surface area (Å²) in [4.78, 5) is 13.4. The van der Waals surface area contributed by atoms with Crippen LogP contribution in [0.1, 0.15) is 18.4 Å². The second kappa shape index (κ2) is 5.85. The molecule has 1 fully saturated rings. The van der Waals surface area contributed by atoms with E-state index in [2.05, 4.69) is 0 Å². The van der Waals surface area contributed by atoms with E-state index in [9.17, 15) is 23.1 Å². The summed E-state index contributed by atoms with van der Waals surface area (Å²) in [5.74, 6) is -0.285. The number of aliphatic hydroxyl groups is 1. The summed E-state index contributed by atoms with van der Waals surface area (Å²) in [6.45, 7) is -0.224. The largest absolute Gasteiger partial charge is 0.417 e. The second-order valence-corrected chi connectivity index (χ2v) is 5.59. The number of benzene rings is 1. The van der Waals surface area contributed by atoms with Gasteiger partial charge in [0.1, 0.15) is 0 Å². The fourth-order valence-corrected chi connectivity index (χ4v) is 2.53. The van der Waals surface area contributed by atoms with Crippen LogP contribution in [-0.2, 0) is 11.2 Å². The summed E-state index contributed by atoms with van der Waals surface area (Å²) in [7, 11) is 0. The van der Waals surface area contributed by atoms with Crippen molar-refractivity contribution in [2.75, 3.05) is 13.1 Å². The minimum Gasteiger partial charge on any atom is -0.380 e. The monoisotopic (exact) mass is 321 g/mol. The van der Waals surface area contributed by atoms with Crippen molar-refractivity contribution in [1.82, 2.24) is 4.90 Å². The average molecular weight is 322 g/mol. The SMILES string of the molecule is O=C(Cc1ccccc1Cl)N1CCC(O)(C(F)(F)F)CC1. The molecular formula is C14H15ClF3NO2. The second-order valence-electron chi connectivity index (χ2n) is 5.18. The van der Waals surface area contributed by atoms with Crippen molar-refractivity contribution < 1.29 is 23.1 Å². The summed E-state index contributed by atoms with van der Waals surface area (Å²) in [5.41, 5.74) is -2.05. The van der Waals surface area contributed by atoms with Crippen LogP contribution >= 0.6 is 11.6 Å². The van der Waals surface area contributed by atoms with Crippen LogP contribution < -0.4 is 0 Å². The van der Waals surface area contributed by atoms with E-state index in [0.717, 1.165) is 0 Å². The molecule has 0 spiro atoms. The van der Waals surface area contributed by atoms with E-state index in [1.54, 1.807) is 24.3 Å². The predicted molar refractivity (Wildman–Crippen MR) is 72.0 cm³/mol. The molecule has 7 heteroatoms. The van der Waals surface area contributed by atoms with Gasteiger partial charge in [0, 0.05) is 31.0 Å². The Labute approximate surface area is 125 Å². The summed E-state index contributed by atoms with van der Waals surface area (Å²) < 4.78 is 38.0. The van der Waals surface area contributed by atoms with Crippen LogP contribution in [0, 0.1) is 0 Å². The maximum atomic E-state index is 12.7. The Morgan fingerprint density at radius 3 is 2.38 bits per heavy atom. The topological polar surface area (TPSA) is 40.5 Å². The minimum absolute atomic E-state index is 0.0458. The highest BCUT2D eigenvalue weighted by Crippen LogP contribution is 2.38. The first-order chi connectivity index (χ1) is 9.73. The molecule has 0 unspecified atom stereocenters. The lowest BCUT2D eigenvalue weighted by atomic mass is 9.90. The molecule has 0 saturated carbocycles. The smallest absolute Gasteiger partial charge is 0.380 e. The van der Waals surface area contributed by atoms with E-state index in [1.165, 1.54) is 4.90 Å². The number of carbonyl (C=O) groups is 1. The zero-order chi connectivity index (χ0) is 15.7. The van der Waals surface area contributed by atoms with Crippen LogP contribution in [0.5, 0.6) is 0 Å². The van der Waals surface area contributed by atoms with Crippen LogP contribution in [0.15, 0.2) is 24.3 Å². The van der Waals surface area contributed by atoms with Gasteiger partial charge >= 0.3 is 6.18 Å². The van der Waals surface area contributed by atoms with Crippen molar-refractivity contribution in [1.29, 1.82) is 0 Å². The number of hydrogen-bond donors (Lipinski definition) is 1. The maximum absolute atomic E-state index is 12.7. The number of piperidine rings is 1. The van der Waals surface area contributed by atoms with Gasteiger partial charge < -0.3 is 10.0 Å². The van der Waals surface area contributed by atoms with E-state index in [-0.39, 0.29) is 25.4 Å². The molecule has 0 atom stereocenters. The highest BCUT2D eigenvalue weighted by molar-refractivity contribution is 6.31. The first kappa shape index (κ1) is 16.1. The van der Waals surface area contributed by atoms with Crippen molar-refractivity contribution in [3.63, 3.8) is 0 Å². The van der Waals surface area contributed by atoms with Gasteiger partial charge in [-0.25, -0.2) is 0 Å². The molecule has 1 heterocycles. The van der Waals surface area contributed by atoms with Crippen molar-refractivity contribution >= 4 is 17.5 Å². The number of nitrogens with zero attached hydrogens (tertiary/aromatic N) is 1. The minimum atomic E-state index is -4.66. The van der Waals surface area contributed by atoms with Gasteiger partial charge in [0.05, 0.1) is 6.42 Å². The Hall–Kier alpha value is -1.27.